The summed E-state index contributed by atoms with van der Waals surface area (Å²) >= 11 is 0. The van der Waals surface area contributed by atoms with E-state index in [0.717, 1.165) is 25.7 Å². The van der Waals surface area contributed by atoms with Gasteiger partial charge in [0.15, 0.2) is 11.5 Å². The Morgan fingerprint density at radius 1 is 1.16 bits per heavy atom. The predicted octanol–water partition coefficient (Wildman–Crippen LogP) is 3.53. The van der Waals surface area contributed by atoms with Gasteiger partial charge in [-0.2, -0.15) is 0 Å². The molecular formula is C15H22O4. The first-order valence-electron chi connectivity index (χ1n) is 6.82. The van der Waals surface area contributed by atoms with Crippen LogP contribution in [0, 0.1) is 0 Å². The third-order valence-corrected chi connectivity index (χ3v) is 2.68. The molecule has 19 heavy (non-hydrogen) atoms. The molecule has 0 heterocycles. The van der Waals surface area contributed by atoms with Crippen molar-refractivity contribution in [3.05, 3.63) is 23.8 Å². The molecule has 0 saturated carbocycles. The molecule has 0 saturated heterocycles. The second-order valence-corrected chi connectivity index (χ2v) is 4.37. The van der Waals surface area contributed by atoms with Gasteiger partial charge >= 0.3 is 5.97 Å². The van der Waals surface area contributed by atoms with Crippen molar-refractivity contribution in [1.82, 2.24) is 0 Å². The van der Waals surface area contributed by atoms with Crippen LogP contribution in [-0.4, -0.2) is 24.3 Å². The van der Waals surface area contributed by atoms with Crippen LogP contribution in [-0.2, 0) is 4.74 Å². The number of unbranched alkanes of at least 4 members (excludes halogenated alkanes) is 2. The fourth-order valence-corrected chi connectivity index (χ4v) is 1.49. The van der Waals surface area contributed by atoms with Crippen molar-refractivity contribution in [2.75, 3.05) is 13.2 Å². The van der Waals surface area contributed by atoms with Gasteiger partial charge in [-0.1, -0.05) is 26.7 Å². The highest BCUT2D eigenvalue weighted by atomic mass is 16.5. The Bertz CT molecular complexity index is 401. The zero-order valence-corrected chi connectivity index (χ0v) is 11.6. The summed E-state index contributed by atoms with van der Waals surface area (Å²) in [5, 5.41) is 9.78. The van der Waals surface area contributed by atoms with E-state index in [9.17, 15) is 9.90 Å². The smallest absolute Gasteiger partial charge is 0.338 e. The highest BCUT2D eigenvalue weighted by Gasteiger charge is 2.11. The molecule has 1 N–H and O–H groups in total. The van der Waals surface area contributed by atoms with Crippen molar-refractivity contribution in [3.8, 4) is 11.5 Å². The molecule has 0 aliphatic rings. The molecule has 0 radical (unpaired) electrons. The number of hydrogen-bond acceptors (Lipinski definition) is 4. The average molecular weight is 266 g/mol. The minimum absolute atomic E-state index is 0.0268. The lowest BCUT2D eigenvalue weighted by Gasteiger charge is -2.09. The first-order valence-corrected chi connectivity index (χ1v) is 6.82. The zero-order valence-electron chi connectivity index (χ0n) is 11.6. The fourth-order valence-electron chi connectivity index (χ4n) is 1.49. The molecule has 4 heteroatoms. The normalized spacial score (nSPS) is 10.2. The van der Waals surface area contributed by atoms with Gasteiger partial charge in [0.2, 0.25) is 0 Å². The van der Waals surface area contributed by atoms with Crippen LogP contribution in [0.15, 0.2) is 18.2 Å². The van der Waals surface area contributed by atoms with Gasteiger partial charge in [0, 0.05) is 0 Å². The highest BCUT2D eigenvalue weighted by Crippen LogP contribution is 2.27. The van der Waals surface area contributed by atoms with Crippen molar-refractivity contribution in [2.45, 2.75) is 39.5 Å². The minimum atomic E-state index is -0.413. The summed E-state index contributed by atoms with van der Waals surface area (Å²) in [5.74, 6) is -0.0385. The van der Waals surface area contributed by atoms with Crippen molar-refractivity contribution < 1.29 is 19.4 Å². The molecule has 4 nitrogen and oxygen atoms in total. The fraction of sp³-hybridized carbons (Fsp3) is 0.533. The van der Waals surface area contributed by atoms with Gasteiger partial charge < -0.3 is 14.6 Å². The maximum atomic E-state index is 11.7. The quantitative estimate of drug-likeness (QED) is 0.577. The molecule has 1 aromatic rings. The van der Waals surface area contributed by atoms with E-state index >= 15 is 0 Å². The number of carbonyl (C=O) groups excluding carboxylic acids is 1. The number of esters is 1. The van der Waals surface area contributed by atoms with Gasteiger partial charge in [-0.15, -0.1) is 0 Å². The molecule has 0 amide bonds. The number of carbonyl (C=O) groups is 1. The van der Waals surface area contributed by atoms with Crippen LogP contribution in [0.2, 0.25) is 0 Å². The Hall–Kier alpha value is -1.71. The van der Waals surface area contributed by atoms with Gasteiger partial charge in [-0.05, 0) is 31.0 Å². The van der Waals surface area contributed by atoms with E-state index < -0.39 is 5.97 Å². The maximum Gasteiger partial charge on any atom is 0.338 e. The number of hydrogen-bond donors (Lipinski definition) is 1. The van der Waals surface area contributed by atoms with E-state index in [0.29, 0.717) is 24.5 Å². The largest absolute Gasteiger partial charge is 0.504 e. The number of phenolic OH excluding ortho intramolecular Hbond substituents is 1. The molecule has 1 aromatic carbocycles. The minimum Gasteiger partial charge on any atom is -0.504 e. The molecule has 0 bridgehead atoms. The third-order valence-electron chi connectivity index (χ3n) is 2.68. The lowest BCUT2D eigenvalue weighted by molar-refractivity contribution is 0.0499. The molecule has 0 spiro atoms. The number of rotatable bonds is 8. The first-order chi connectivity index (χ1) is 9.19. The second-order valence-electron chi connectivity index (χ2n) is 4.37. The monoisotopic (exact) mass is 266 g/mol. The van der Waals surface area contributed by atoms with Crippen LogP contribution >= 0.6 is 0 Å². The Morgan fingerprint density at radius 3 is 2.47 bits per heavy atom. The third kappa shape index (κ3) is 5.20. The summed E-state index contributed by atoms with van der Waals surface area (Å²) in [6.07, 6.45) is 3.78. The Kier molecular flexibility index (Phi) is 6.79. The summed E-state index contributed by atoms with van der Waals surface area (Å²) < 4.78 is 10.5. The second kappa shape index (κ2) is 8.40. The van der Waals surface area contributed by atoms with Crippen LogP contribution in [0.1, 0.15) is 49.9 Å². The van der Waals surface area contributed by atoms with Crippen molar-refractivity contribution in [3.63, 3.8) is 0 Å². The molecule has 0 fully saturated rings. The Labute approximate surface area is 114 Å². The van der Waals surface area contributed by atoms with E-state index in [4.69, 9.17) is 9.47 Å². The zero-order chi connectivity index (χ0) is 14.1. The van der Waals surface area contributed by atoms with Crippen LogP contribution in [0.3, 0.4) is 0 Å². The van der Waals surface area contributed by atoms with E-state index in [1.807, 2.05) is 6.92 Å². The van der Waals surface area contributed by atoms with E-state index in [1.165, 1.54) is 6.07 Å². The maximum absolute atomic E-state index is 11.7. The van der Waals surface area contributed by atoms with Crippen LogP contribution < -0.4 is 4.74 Å². The summed E-state index contributed by atoms with van der Waals surface area (Å²) in [7, 11) is 0. The molecule has 0 aromatic heterocycles. The summed E-state index contributed by atoms with van der Waals surface area (Å²) in [4.78, 5) is 11.7. The average Bonchev–Trinajstić information content (AvgIpc) is 2.41. The molecule has 0 aliphatic carbocycles. The molecule has 0 atom stereocenters. The topological polar surface area (TPSA) is 55.8 Å². The molecular weight excluding hydrogens is 244 g/mol. The molecule has 106 valence electrons. The van der Waals surface area contributed by atoms with Crippen molar-refractivity contribution in [1.29, 1.82) is 0 Å². The van der Waals surface area contributed by atoms with Crippen molar-refractivity contribution in [2.24, 2.45) is 0 Å². The number of benzene rings is 1. The van der Waals surface area contributed by atoms with Crippen LogP contribution in [0.25, 0.3) is 0 Å². The number of phenols is 1. The number of ether oxygens (including phenoxy) is 2. The first kappa shape index (κ1) is 15.3. The van der Waals surface area contributed by atoms with E-state index in [2.05, 4.69) is 6.92 Å². The Morgan fingerprint density at radius 2 is 1.84 bits per heavy atom. The van der Waals surface area contributed by atoms with Crippen LogP contribution in [0.5, 0.6) is 11.5 Å². The van der Waals surface area contributed by atoms with Gasteiger partial charge in [0.1, 0.15) is 0 Å². The van der Waals surface area contributed by atoms with E-state index in [-0.39, 0.29) is 5.75 Å². The molecule has 1 rings (SSSR count). The van der Waals surface area contributed by atoms with Gasteiger partial charge in [-0.25, -0.2) is 4.79 Å². The number of aromatic hydroxyl groups is 1. The van der Waals surface area contributed by atoms with E-state index in [1.54, 1.807) is 12.1 Å². The van der Waals surface area contributed by atoms with Gasteiger partial charge in [0.25, 0.3) is 0 Å². The molecule has 0 unspecified atom stereocenters. The summed E-state index contributed by atoms with van der Waals surface area (Å²) in [6, 6.07) is 4.59. The van der Waals surface area contributed by atoms with Crippen molar-refractivity contribution >= 4 is 5.97 Å². The lowest BCUT2D eigenvalue weighted by atomic mass is 10.2. The predicted molar refractivity (Wildman–Crippen MR) is 73.7 cm³/mol. The lowest BCUT2D eigenvalue weighted by Crippen LogP contribution is -2.06. The Balaban J connectivity index is 2.57. The van der Waals surface area contributed by atoms with Gasteiger partial charge in [-0.3, -0.25) is 0 Å². The molecule has 0 aliphatic heterocycles. The standard InChI is InChI=1S/C15H22O4/c1-3-5-9-18-14-8-7-12(11-13(14)16)15(17)19-10-6-4-2/h7-8,11,16H,3-6,9-10H2,1-2H3. The SMILES string of the molecule is CCCCOC(=O)c1ccc(OCCCC)c(O)c1. The summed E-state index contributed by atoms with van der Waals surface area (Å²) in [6.45, 7) is 5.07. The summed E-state index contributed by atoms with van der Waals surface area (Å²) in [5.41, 5.74) is 0.344. The van der Waals surface area contributed by atoms with Gasteiger partial charge in [0.05, 0.1) is 18.8 Å². The van der Waals surface area contributed by atoms with Crippen LogP contribution in [0.4, 0.5) is 0 Å². The highest BCUT2D eigenvalue weighted by molar-refractivity contribution is 5.90.